The average Bonchev–Trinajstić information content (AvgIpc) is 3.54. The standard InChI is InChI=1S/C29H33ClN5O7PS2/c1-27(2,3)29(28(4,5)6,42-43(36,37)38)35-14-15-44-26(35)33-45(39,40)21-9-11-24(19(16-21)18-31)41-25-10-8-20(30)17-22(25)23-12-13-32-34(23)7/h8-17H,1-7H3,(H2,36,37,38)/b33-26-. The van der Waals surface area contributed by atoms with Gasteiger partial charge in [-0.25, -0.2) is 4.57 Å². The topological polar surface area (TPSA) is 169 Å². The normalized spacial score (nSPS) is 13.6. The largest absolute Gasteiger partial charge is 0.471 e. The molecule has 0 saturated carbocycles. The number of thiazole rings is 1. The molecular weight excluding hydrogens is 661 g/mol. The van der Waals surface area contributed by atoms with E-state index in [1.54, 1.807) is 89.1 Å². The third kappa shape index (κ3) is 6.95. The Hall–Kier alpha value is -3.28. The van der Waals surface area contributed by atoms with Crippen LogP contribution in [-0.4, -0.2) is 32.6 Å². The van der Waals surface area contributed by atoms with Crippen LogP contribution in [0.5, 0.6) is 11.5 Å². The van der Waals surface area contributed by atoms with Crippen molar-refractivity contribution in [2.24, 2.45) is 22.3 Å². The van der Waals surface area contributed by atoms with Gasteiger partial charge in [0.25, 0.3) is 10.0 Å². The van der Waals surface area contributed by atoms with Gasteiger partial charge >= 0.3 is 7.82 Å². The van der Waals surface area contributed by atoms with Crippen LogP contribution in [0.1, 0.15) is 47.1 Å². The van der Waals surface area contributed by atoms with Crippen LogP contribution in [0.3, 0.4) is 0 Å². The summed E-state index contributed by atoms with van der Waals surface area (Å²) >= 11 is 7.19. The number of aryl methyl sites for hydroxylation is 1. The molecule has 2 N–H and O–H groups in total. The molecule has 0 fully saturated rings. The number of hydrogen-bond acceptors (Lipinski definition) is 8. The summed E-state index contributed by atoms with van der Waals surface area (Å²) in [5, 5.41) is 16.1. The Morgan fingerprint density at radius 3 is 2.24 bits per heavy atom. The molecule has 0 amide bonds. The average molecular weight is 694 g/mol. The Balaban J connectivity index is 1.82. The van der Waals surface area contributed by atoms with Crippen molar-refractivity contribution >= 4 is 40.8 Å². The van der Waals surface area contributed by atoms with E-state index >= 15 is 0 Å². The number of benzene rings is 2. The summed E-state index contributed by atoms with van der Waals surface area (Å²) in [6, 6.07) is 12.5. The van der Waals surface area contributed by atoms with E-state index in [1.807, 2.05) is 6.07 Å². The van der Waals surface area contributed by atoms with Crippen molar-refractivity contribution in [1.29, 1.82) is 5.26 Å². The van der Waals surface area contributed by atoms with Crippen LogP contribution >= 0.6 is 30.8 Å². The number of phosphoric ester groups is 1. The van der Waals surface area contributed by atoms with E-state index in [4.69, 9.17) is 20.9 Å². The van der Waals surface area contributed by atoms with Gasteiger partial charge in [0.2, 0.25) is 4.80 Å². The zero-order chi connectivity index (χ0) is 33.6. The van der Waals surface area contributed by atoms with Crippen LogP contribution in [0, 0.1) is 22.2 Å². The fourth-order valence-electron chi connectivity index (χ4n) is 5.46. The minimum absolute atomic E-state index is 0.0696. The quantitative estimate of drug-likeness (QED) is 0.198. The SMILES string of the molecule is Cn1nccc1-c1cc(Cl)ccc1Oc1ccc(S(=O)(=O)/N=c2\sccn2C(OP(=O)(O)O)(C(C)(C)C)C(C)(C)C)cc1C#N. The predicted molar refractivity (Wildman–Crippen MR) is 170 cm³/mol. The molecule has 0 aliphatic rings. The molecule has 240 valence electrons. The Kier molecular flexibility index (Phi) is 9.34. The van der Waals surface area contributed by atoms with Crippen LogP contribution in [0.4, 0.5) is 0 Å². The van der Waals surface area contributed by atoms with Gasteiger partial charge in [-0.1, -0.05) is 53.1 Å². The summed E-state index contributed by atoms with van der Waals surface area (Å²) in [6.07, 6.45) is 3.10. The second-order valence-corrected chi connectivity index (χ2v) is 16.3. The first-order valence-corrected chi connectivity index (χ1v) is 17.7. The maximum atomic E-state index is 13.6. The number of hydrogen-bond donors (Lipinski definition) is 2. The Morgan fingerprint density at radius 2 is 1.69 bits per heavy atom. The first kappa shape index (κ1) is 34.6. The lowest BCUT2D eigenvalue weighted by molar-refractivity contribution is -0.192. The predicted octanol–water partition coefficient (Wildman–Crippen LogP) is 6.41. The fourth-order valence-corrected chi connectivity index (χ4v) is 8.60. The van der Waals surface area contributed by atoms with Crippen molar-refractivity contribution in [2.75, 3.05) is 0 Å². The van der Waals surface area contributed by atoms with Crippen molar-refractivity contribution in [1.82, 2.24) is 14.3 Å². The highest BCUT2D eigenvalue weighted by atomic mass is 35.5. The van der Waals surface area contributed by atoms with Crippen molar-refractivity contribution in [3.63, 3.8) is 0 Å². The molecule has 2 aromatic heterocycles. The number of sulfonamides is 1. The molecule has 0 bridgehead atoms. The summed E-state index contributed by atoms with van der Waals surface area (Å²) in [5.41, 5.74) is -2.42. The Morgan fingerprint density at radius 1 is 1.04 bits per heavy atom. The van der Waals surface area contributed by atoms with Crippen molar-refractivity contribution in [2.45, 2.75) is 52.2 Å². The first-order chi connectivity index (χ1) is 20.7. The number of phosphoric acid groups is 1. The number of rotatable bonds is 8. The molecular formula is C29H33ClN5O7PS2. The molecule has 0 spiro atoms. The number of ether oxygens (including phenoxy) is 1. The van der Waals surface area contributed by atoms with E-state index in [-0.39, 0.29) is 21.0 Å². The molecule has 16 heteroatoms. The molecule has 4 aromatic rings. The molecule has 0 unspecified atom stereocenters. The Labute approximate surface area is 270 Å². The highest BCUT2D eigenvalue weighted by molar-refractivity contribution is 7.90. The monoisotopic (exact) mass is 693 g/mol. The summed E-state index contributed by atoms with van der Waals surface area (Å²) < 4.78 is 58.2. The summed E-state index contributed by atoms with van der Waals surface area (Å²) in [6.45, 7) is 10.4. The number of nitrogens with zero attached hydrogens (tertiary/aromatic N) is 5. The van der Waals surface area contributed by atoms with Gasteiger partial charge in [0.05, 0.1) is 16.2 Å². The van der Waals surface area contributed by atoms with Gasteiger partial charge < -0.3 is 14.5 Å². The van der Waals surface area contributed by atoms with Crippen molar-refractivity contribution in [3.8, 4) is 28.8 Å². The summed E-state index contributed by atoms with van der Waals surface area (Å²) in [5.74, 6) is 0.466. The second-order valence-electron chi connectivity index (χ2n) is 12.2. The van der Waals surface area contributed by atoms with Gasteiger partial charge in [-0.15, -0.1) is 15.7 Å². The molecule has 0 aliphatic carbocycles. The molecule has 0 radical (unpaired) electrons. The van der Waals surface area contributed by atoms with Crippen LogP contribution in [0.25, 0.3) is 11.3 Å². The van der Waals surface area contributed by atoms with Gasteiger partial charge in [-0.2, -0.15) is 18.8 Å². The smallest absolute Gasteiger partial charge is 0.455 e. The van der Waals surface area contributed by atoms with E-state index in [2.05, 4.69) is 9.50 Å². The summed E-state index contributed by atoms with van der Waals surface area (Å²) in [4.78, 5) is 19.5. The number of nitriles is 1. The molecule has 0 aliphatic heterocycles. The lowest BCUT2D eigenvalue weighted by atomic mass is 9.68. The van der Waals surface area contributed by atoms with Crippen LogP contribution < -0.4 is 9.54 Å². The van der Waals surface area contributed by atoms with Gasteiger partial charge in [0.15, 0.2) is 5.72 Å². The minimum Gasteiger partial charge on any atom is -0.455 e. The van der Waals surface area contributed by atoms with Gasteiger partial charge in [0, 0.05) is 46.2 Å². The zero-order valence-electron chi connectivity index (χ0n) is 25.6. The molecule has 0 saturated heterocycles. The van der Waals surface area contributed by atoms with E-state index in [9.17, 15) is 28.0 Å². The van der Waals surface area contributed by atoms with Crippen LogP contribution in [0.15, 0.2) is 69.5 Å². The van der Waals surface area contributed by atoms with Crippen LogP contribution in [0.2, 0.25) is 5.02 Å². The van der Waals surface area contributed by atoms with E-state index in [0.29, 0.717) is 22.0 Å². The summed E-state index contributed by atoms with van der Waals surface area (Å²) in [7, 11) is -7.78. The molecule has 2 heterocycles. The molecule has 4 rings (SSSR count). The van der Waals surface area contributed by atoms with Gasteiger partial charge in [-0.3, -0.25) is 13.8 Å². The van der Waals surface area contributed by atoms with Gasteiger partial charge in [-0.05, 0) is 42.5 Å². The van der Waals surface area contributed by atoms with E-state index in [1.165, 1.54) is 22.9 Å². The van der Waals surface area contributed by atoms with Crippen molar-refractivity contribution in [3.05, 3.63) is 75.6 Å². The fraction of sp³-hybridized carbons (Fsp3) is 0.345. The maximum absolute atomic E-state index is 13.6. The van der Waals surface area contributed by atoms with E-state index in [0.717, 1.165) is 17.4 Å². The third-order valence-electron chi connectivity index (χ3n) is 7.04. The zero-order valence-corrected chi connectivity index (χ0v) is 28.9. The molecule has 45 heavy (non-hydrogen) atoms. The highest BCUT2D eigenvalue weighted by Crippen LogP contribution is 2.58. The van der Waals surface area contributed by atoms with E-state index < -0.39 is 34.4 Å². The maximum Gasteiger partial charge on any atom is 0.471 e. The lowest BCUT2D eigenvalue weighted by Crippen LogP contribution is -2.58. The van der Waals surface area contributed by atoms with Crippen LogP contribution in [-0.2, 0) is 31.9 Å². The lowest BCUT2D eigenvalue weighted by Gasteiger charge is -2.52. The molecule has 0 atom stereocenters. The van der Waals surface area contributed by atoms with Gasteiger partial charge in [0.1, 0.15) is 17.6 Å². The molecule has 12 nitrogen and oxygen atoms in total. The Bertz CT molecular complexity index is 1990. The van der Waals surface area contributed by atoms with Crippen molar-refractivity contribution < 1.29 is 32.0 Å². The number of aromatic nitrogens is 3. The number of halogens is 1. The third-order valence-corrected chi connectivity index (χ3v) is 9.91. The molecule has 2 aromatic carbocycles. The minimum atomic E-state index is -5.09. The highest BCUT2D eigenvalue weighted by Gasteiger charge is 2.57. The second kappa shape index (κ2) is 12.1. The first-order valence-electron chi connectivity index (χ1n) is 13.4.